The molecule has 0 aliphatic carbocycles. The average Bonchev–Trinajstić information content (AvgIpc) is 2.94. The number of Topliss-reactive ketones (excluding diaryl/α,β-unsaturated/α-hetero) is 1. The summed E-state index contributed by atoms with van der Waals surface area (Å²) in [6.45, 7) is 7.79. The molecule has 3 rings (SSSR count). The quantitative estimate of drug-likeness (QED) is 0.523. The Bertz CT molecular complexity index is 1040. The van der Waals surface area contributed by atoms with Crippen molar-refractivity contribution in [1.29, 1.82) is 0 Å². The highest BCUT2D eigenvalue weighted by Gasteiger charge is 2.45. The SMILES string of the molecule is COCC(=O)c1c(OC)c2c(c3c(C)cc(OC)c(C(=O)OC)c13)OC(C)C2(C)C. The van der Waals surface area contributed by atoms with E-state index in [9.17, 15) is 9.59 Å². The van der Waals surface area contributed by atoms with Gasteiger partial charge in [0.15, 0.2) is 5.78 Å². The molecule has 1 heterocycles. The molecule has 7 heteroatoms. The smallest absolute Gasteiger partial charge is 0.342 e. The predicted octanol–water partition coefficient (Wildman–Crippen LogP) is 3.84. The summed E-state index contributed by atoms with van der Waals surface area (Å²) in [5.74, 6) is 0.377. The van der Waals surface area contributed by atoms with Crippen molar-refractivity contribution in [2.75, 3.05) is 35.0 Å². The van der Waals surface area contributed by atoms with E-state index in [1.165, 1.54) is 28.4 Å². The molecule has 0 aromatic heterocycles. The lowest BCUT2D eigenvalue weighted by Gasteiger charge is -2.25. The Kier molecular flexibility index (Phi) is 5.69. The minimum atomic E-state index is -0.615. The van der Waals surface area contributed by atoms with E-state index in [0.29, 0.717) is 28.0 Å². The van der Waals surface area contributed by atoms with Crippen LogP contribution in [0, 0.1) is 6.92 Å². The number of fused-ring (bicyclic) bond motifs is 3. The van der Waals surface area contributed by atoms with Crippen LogP contribution in [0.1, 0.15) is 52.6 Å². The fourth-order valence-corrected chi connectivity index (χ4v) is 4.17. The van der Waals surface area contributed by atoms with Gasteiger partial charge in [0, 0.05) is 28.9 Å². The first-order valence-electron chi connectivity index (χ1n) is 9.68. The second-order valence-corrected chi connectivity index (χ2v) is 7.96. The fourth-order valence-electron chi connectivity index (χ4n) is 4.17. The summed E-state index contributed by atoms with van der Waals surface area (Å²) >= 11 is 0. The Morgan fingerprint density at radius 3 is 2.27 bits per heavy atom. The van der Waals surface area contributed by atoms with Gasteiger partial charge in [0.25, 0.3) is 0 Å². The molecule has 0 saturated carbocycles. The van der Waals surface area contributed by atoms with Crippen LogP contribution in [0.2, 0.25) is 0 Å². The molecule has 0 saturated heterocycles. The normalized spacial score (nSPS) is 16.7. The number of hydrogen-bond acceptors (Lipinski definition) is 7. The number of hydrogen-bond donors (Lipinski definition) is 0. The number of methoxy groups -OCH3 is 4. The van der Waals surface area contributed by atoms with E-state index < -0.39 is 11.4 Å². The lowest BCUT2D eigenvalue weighted by Crippen LogP contribution is -2.29. The molecule has 0 bridgehead atoms. The van der Waals surface area contributed by atoms with Crippen LogP contribution in [0.15, 0.2) is 6.07 Å². The van der Waals surface area contributed by atoms with Crippen molar-refractivity contribution in [2.24, 2.45) is 0 Å². The highest BCUT2D eigenvalue weighted by atomic mass is 16.5. The molecule has 2 aromatic carbocycles. The second kappa shape index (κ2) is 7.80. The summed E-state index contributed by atoms with van der Waals surface area (Å²) < 4.78 is 27.7. The van der Waals surface area contributed by atoms with E-state index in [1.54, 1.807) is 6.07 Å². The van der Waals surface area contributed by atoms with Crippen LogP contribution in [0.3, 0.4) is 0 Å². The van der Waals surface area contributed by atoms with Crippen molar-refractivity contribution in [3.63, 3.8) is 0 Å². The molecule has 1 atom stereocenters. The highest BCUT2D eigenvalue weighted by Crippen LogP contribution is 2.55. The third-order valence-electron chi connectivity index (χ3n) is 5.97. The van der Waals surface area contributed by atoms with Crippen molar-refractivity contribution < 1.29 is 33.3 Å². The molecule has 0 spiro atoms. The highest BCUT2D eigenvalue weighted by molar-refractivity contribution is 6.21. The van der Waals surface area contributed by atoms with Gasteiger partial charge in [0.05, 0.1) is 26.9 Å². The summed E-state index contributed by atoms with van der Waals surface area (Å²) in [7, 11) is 5.71. The molecule has 0 fully saturated rings. The first-order chi connectivity index (χ1) is 14.1. The van der Waals surface area contributed by atoms with Crippen molar-refractivity contribution in [3.05, 3.63) is 28.3 Å². The van der Waals surface area contributed by atoms with Gasteiger partial charge in [-0.25, -0.2) is 4.79 Å². The number of carbonyl (C=O) groups excluding carboxylic acids is 2. The first kappa shape index (κ1) is 21.9. The van der Waals surface area contributed by atoms with E-state index in [2.05, 4.69) is 0 Å². The van der Waals surface area contributed by atoms with Crippen LogP contribution < -0.4 is 14.2 Å². The third-order valence-corrected chi connectivity index (χ3v) is 5.97. The zero-order chi connectivity index (χ0) is 22.4. The predicted molar refractivity (Wildman–Crippen MR) is 112 cm³/mol. The van der Waals surface area contributed by atoms with Crippen molar-refractivity contribution in [1.82, 2.24) is 0 Å². The van der Waals surface area contributed by atoms with Crippen molar-refractivity contribution in [2.45, 2.75) is 39.2 Å². The number of ketones is 1. The standard InChI is InChI=1S/C23H28O7/c1-11-9-14(27-6)17(22(25)29-8)18-15(11)21-19(23(3,4)12(2)30-21)20(28-7)16(18)13(24)10-26-5/h9,12H,10H2,1-8H3. The maximum absolute atomic E-state index is 13.3. The zero-order valence-electron chi connectivity index (χ0n) is 18.7. The number of rotatable bonds is 6. The minimum Gasteiger partial charge on any atom is -0.496 e. The summed E-state index contributed by atoms with van der Waals surface area (Å²) in [6.07, 6.45) is -0.166. The van der Waals surface area contributed by atoms with Crippen LogP contribution in [0.4, 0.5) is 0 Å². The van der Waals surface area contributed by atoms with E-state index in [0.717, 1.165) is 11.1 Å². The molecule has 1 aliphatic heterocycles. The van der Waals surface area contributed by atoms with E-state index in [-0.39, 0.29) is 29.6 Å². The Hall–Kier alpha value is -2.80. The maximum Gasteiger partial charge on any atom is 0.342 e. The topological polar surface area (TPSA) is 80.3 Å². The fraction of sp³-hybridized carbons (Fsp3) is 0.478. The van der Waals surface area contributed by atoms with Crippen LogP contribution in [-0.2, 0) is 14.9 Å². The van der Waals surface area contributed by atoms with Gasteiger partial charge < -0.3 is 23.7 Å². The number of benzene rings is 2. The minimum absolute atomic E-state index is 0.155. The van der Waals surface area contributed by atoms with E-state index >= 15 is 0 Å². The summed E-state index contributed by atoms with van der Waals surface area (Å²) in [5.41, 5.74) is 1.61. The zero-order valence-corrected chi connectivity index (χ0v) is 18.7. The van der Waals surface area contributed by atoms with Crippen LogP contribution >= 0.6 is 0 Å². The lowest BCUT2D eigenvalue weighted by molar-refractivity contribution is 0.0599. The molecule has 162 valence electrons. The van der Waals surface area contributed by atoms with Crippen molar-refractivity contribution in [3.8, 4) is 17.2 Å². The third kappa shape index (κ3) is 2.99. The monoisotopic (exact) mass is 416 g/mol. The van der Waals surface area contributed by atoms with Gasteiger partial charge in [0.2, 0.25) is 0 Å². The molecule has 0 N–H and O–H groups in total. The van der Waals surface area contributed by atoms with Gasteiger partial charge in [-0.05, 0) is 25.5 Å². The summed E-state index contributed by atoms with van der Waals surface area (Å²) in [6, 6.07) is 1.76. The number of esters is 1. The maximum atomic E-state index is 13.3. The molecule has 1 aliphatic rings. The Morgan fingerprint density at radius 2 is 1.73 bits per heavy atom. The number of carbonyl (C=O) groups is 2. The molecule has 2 aromatic rings. The van der Waals surface area contributed by atoms with Gasteiger partial charge in [-0.3, -0.25) is 4.79 Å². The van der Waals surface area contributed by atoms with Crippen molar-refractivity contribution >= 4 is 22.5 Å². The second-order valence-electron chi connectivity index (χ2n) is 7.96. The number of ether oxygens (including phenoxy) is 5. The van der Waals surface area contributed by atoms with Crippen LogP contribution in [0.5, 0.6) is 17.2 Å². The van der Waals surface area contributed by atoms with Gasteiger partial charge >= 0.3 is 5.97 Å². The first-order valence-corrected chi connectivity index (χ1v) is 9.68. The molecule has 30 heavy (non-hydrogen) atoms. The van der Waals surface area contributed by atoms with Gasteiger partial charge in [0.1, 0.15) is 35.5 Å². The Labute approximate surface area is 176 Å². The summed E-state index contributed by atoms with van der Waals surface area (Å²) in [4.78, 5) is 26.1. The number of aryl methyl sites for hydroxylation is 1. The molecule has 1 unspecified atom stereocenters. The molecular formula is C23H28O7. The van der Waals surface area contributed by atoms with Crippen LogP contribution in [-0.4, -0.2) is 52.9 Å². The molecule has 7 nitrogen and oxygen atoms in total. The van der Waals surface area contributed by atoms with Gasteiger partial charge in [-0.15, -0.1) is 0 Å². The van der Waals surface area contributed by atoms with Crippen LogP contribution in [0.25, 0.3) is 10.8 Å². The molecule has 0 amide bonds. The van der Waals surface area contributed by atoms with Gasteiger partial charge in [-0.1, -0.05) is 13.8 Å². The Morgan fingerprint density at radius 1 is 1.07 bits per heavy atom. The largest absolute Gasteiger partial charge is 0.496 e. The lowest BCUT2D eigenvalue weighted by atomic mass is 9.78. The molecule has 0 radical (unpaired) electrons. The van der Waals surface area contributed by atoms with Gasteiger partial charge in [-0.2, -0.15) is 0 Å². The molecular weight excluding hydrogens is 388 g/mol. The Balaban J connectivity index is 2.67. The summed E-state index contributed by atoms with van der Waals surface area (Å²) in [5, 5.41) is 1.06. The average molecular weight is 416 g/mol. The van der Waals surface area contributed by atoms with E-state index in [1.807, 2.05) is 27.7 Å². The van der Waals surface area contributed by atoms with E-state index in [4.69, 9.17) is 23.7 Å².